The van der Waals surface area contributed by atoms with Crippen LogP contribution in [0, 0.1) is 0 Å². The highest BCUT2D eigenvalue weighted by molar-refractivity contribution is 4.93. The molecule has 0 radical (unpaired) electrons. The summed E-state index contributed by atoms with van der Waals surface area (Å²) in [5.74, 6) is 0. The molecule has 1 aliphatic rings. The first-order chi connectivity index (χ1) is 8.47. The topological polar surface area (TPSA) is 30.5 Å². The molecule has 1 atom stereocenters. The smallest absolute Gasteiger partial charge is 0.0693 e. The molecule has 1 unspecified atom stereocenters. The number of ether oxygens (including phenoxy) is 2. The minimum atomic E-state index is -0.0203. The van der Waals surface area contributed by atoms with Gasteiger partial charge in [-0.05, 0) is 58.9 Å². The first kappa shape index (κ1) is 15.9. The Kier molecular flexibility index (Phi) is 6.09. The second-order valence-corrected chi connectivity index (χ2v) is 6.20. The molecule has 0 bridgehead atoms. The molecule has 0 aromatic rings. The van der Waals surface area contributed by atoms with Gasteiger partial charge in [0.1, 0.15) is 0 Å². The summed E-state index contributed by atoms with van der Waals surface area (Å²) in [6.07, 6.45) is 7.13. The van der Waals surface area contributed by atoms with Crippen LogP contribution in [-0.2, 0) is 9.47 Å². The van der Waals surface area contributed by atoms with Gasteiger partial charge >= 0.3 is 0 Å². The van der Waals surface area contributed by atoms with Gasteiger partial charge in [0.25, 0.3) is 0 Å². The van der Waals surface area contributed by atoms with E-state index in [1.807, 2.05) is 7.11 Å². The van der Waals surface area contributed by atoms with Gasteiger partial charge in [-0.3, -0.25) is 0 Å². The third-order valence-electron chi connectivity index (χ3n) is 4.46. The van der Waals surface area contributed by atoms with Crippen LogP contribution < -0.4 is 5.32 Å². The molecule has 1 aliphatic carbocycles. The van der Waals surface area contributed by atoms with Crippen molar-refractivity contribution >= 4 is 0 Å². The number of rotatable bonds is 9. The van der Waals surface area contributed by atoms with Crippen molar-refractivity contribution in [3.63, 3.8) is 0 Å². The molecule has 0 aromatic carbocycles. The van der Waals surface area contributed by atoms with Crippen LogP contribution in [-0.4, -0.2) is 38.0 Å². The third-order valence-corrected chi connectivity index (χ3v) is 4.46. The fourth-order valence-corrected chi connectivity index (χ4v) is 2.70. The fourth-order valence-electron chi connectivity index (χ4n) is 2.70. The van der Waals surface area contributed by atoms with E-state index in [9.17, 15) is 0 Å². The molecule has 1 rings (SSSR count). The van der Waals surface area contributed by atoms with Crippen LogP contribution in [0.4, 0.5) is 0 Å². The molecule has 18 heavy (non-hydrogen) atoms. The van der Waals surface area contributed by atoms with Gasteiger partial charge in [0, 0.05) is 20.3 Å². The fraction of sp³-hybridized carbons (Fsp3) is 1.00. The highest BCUT2D eigenvalue weighted by Gasteiger charge is 2.39. The average Bonchev–Trinajstić information content (AvgIpc) is 2.31. The summed E-state index contributed by atoms with van der Waals surface area (Å²) in [6, 6.07) is 0.546. The molecular formula is C15H31NO2. The number of nitrogens with one attached hydrogen (secondary N) is 1. The van der Waals surface area contributed by atoms with Crippen LogP contribution in [0.25, 0.3) is 0 Å². The Bertz CT molecular complexity index is 231. The van der Waals surface area contributed by atoms with E-state index in [1.165, 1.54) is 19.3 Å². The predicted molar refractivity (Wildman–Crippen MR) is 76.0 cm³/mol. The summed E-state index contributed by atoms with van der Waals surface area (Å²) >= 11 is 0. The minimum absolute atomic E-state index is 0.0203. The maximum atomic E-state index is 5.74. The van der Waals surface area contributed by atoms with E-state index in [2.05, 4.69) is 26.1 Å². The molecule has 0 aliphatic heterocycles. The molecule has 1 saturated carbocycles. The van der Waals surface area contributed by atoms with Gasteiger partial charge in [0.05, 0.1) is 11.2 Å². The third kappa shape index (κ3) is 4.52. The lowest BCUT2D eigenvalue weighted by atomic mass is 9.74. The Morgan fingerprint density at radius 2 is 1.94 bits per heavy atom. The largest absolute Gasteiger partial charge is 0.379 e. The van der Waals surface area contributed by atoms with Gasteiger partial charge in [-0.15, -0.1) is 0 Å². The molecule has 0 heterocycles. The Labute approximate surface area is 113 Å². The van der Waals surface area contributed by atoms with E-state index < -0.39 is 0 Å². The molecule has 1 N–H and O–H groups in total. The Morgan fingerprint density at radius 3 is 2.33 bits per heavy atom. The first-order valence-electron chi connectivity index (χ1n) is 7.30. The van der Waals surface area contributed by atoms with Crippen molar-refractivity contribution in [1.29, 1.82) is 0 Å². The van der Waals surface area contributed by atoms with Gasteiger partial charge in [-0.1, -0.05) is 6.92 Å². The molecule has 0 amide bonds. The zero-order chi connectivity index (χ0) is 13.6. The molecular weight excluding hydrogens is 226 g/mol. The number of methoxy groups -OCH3 is 2. The van der Waals surface area contributed by atoms with E-state index in [4.69, 9.17) is 9.47 Å². The average molecular weight is 257 g/mol. The lowest BCUT2D eigenvalue weighted by molar-refractivity contribution is -0.0852. The van der Waals surface area contributed by atoms with Crippen molar-refractivity contribution in [2.45, 2.75) is 76.5 Å². The van der Waals surface area contributed by atoms with E-state index in [0.717, 1.165) is 25.8 Å². The van der Waals surface area contributed by atoms with E-state index in [0.29, 0.717) is 6.04 Å². The zero-order valence-corrected chi connectivity index (χ0v) is 12.8. The number of hydrogen-bond donors (Lipinski definition) is 1. The molecule has 3 heteroatoms. The lowest BCUT2D eigenvalue weighted by Crippen LogP contribution is -2.46. The van der Waals surface area contributed by atoms with E-state index in [-0.39, 0.29) is 11.2 Å². The molecule has 0 spiro atoms. The number of hydrogen-bond acceptors (Lipinski definition) is 3. The summed E-state index contributed by atoms with van der Waals surface area (Å²) in [6.45, 7) is 7.52. The summed E-state index contributed by atoms with van der Waals surface area (Å²) in [7, 11) is 3.66. The van der Waals surface area contributed by atoms with Crippen LogP contribution in [0.3, 0.4) is 0 Å². The van der Waals surface area contributed by atoms with Gasteiger partial charge < -0.3 is 14.8 Å². The first-order valence-corrected chi connectivity index (χ1v) is 7.30. The van der Waals surface area contributed by atoms with Gasteiger partial charge in [-0.2, -0.15) is 0 Å². The van der Waals surface area contributed by atoms with Crippen molar-refractivity contribution in [2.75, 3.05) is 20.8 Å². The maximum absolute atomic E-state index is 5.74. The van der Waals surface area contributed by atoms with Crippen LogP contribution in [0.5, 0.6) is 0 Å². The summed E-state index contributed by atoms with van der Waals surface area (Å²) in [5, 5.41) is 3.60. The van der Waals surface area contributed by atoms with Gasteiger partial charge in [0.15, 0.2) is 0 Å². The second kappa shape index (κ2) is 6.88. The normalized spacial score (nSPS) is 20.5. The van der Waals surface area contributed by atoms with Crippen molar-refractivity contribution in [1.82, 2.24) is 5.32 Å². The Balaban J connectivity index is 2.44. The SMILES string of the molecule is CCNC(CCC(C)(C)OC)CC1(OC)CCC1. The van der Waals surface area contributed by atoms with Crippen molar-refractivity contribution < 1.29 is 9.47 Å². The van der Waals surface area contributed by atoms with Crippen LogP contribution >= 0.6 is 0 Å². The Hall–Kier alpha value is -0.120. The van der Waals surface area contributed by atoms with Crippen molar-refractivity contribution in [3.8, 4) is 0 Å². The monoisotopic (exact) mass is 257 g/mol. The van der Waals surface area contributed by atoms with Crippen molar-refractivity contribution in [3.05, 3.63) is 0 Å². The van der Waals surface area contributed by atoms with Crippen molar-refractivity contribution in [2.24, 2.45) is 0 Å². The van der Waals surface area contributed by atoms with Crippen LogP contribution in [0.1, 0.15) is 59.3 Å². The van der Waals surface area contributed by atoms with E-state index >= 15 is 0 Å². The molecule has 1 fully saturated rings. The lowest BCUT2D eigenvalue weighted by Gasteiger charge is -2.43. The molecule has 0 aromatic heterocycles. The minimum Gasteiger partial charge on any atom is -0.379 e. The van der Waals surface area contributed by atoms with Gasteiger partial charge in [-0.25, -0.2) is 0 Å². The summed E-state index contributed by atoms with van der Waals surface area (Å²) in [5.41, 5.74) is 0.136. The highest BCUT2D eigenvalue weighted by atomic mass is 16.5. The molecule has 0 saturated heterocycles. The Morgan fingerprint density at radius 1 is 1.28 bits per heavy atom. The maximum Gasteiger partial charge on any atom is 0.0693 e. The quantitative estimate of drug-likeness (QED) is 0.688. The van der Waals surface area contributed by atoms with Crippen LogP contribution in [0.2, 0.25) is 0 Å². The van der Waals surface area contributed by atoms with E-state index in [1.54, 1.807) is 7.11 Å². The summed E-state index contributed by atoms with van der Waals surface area (Å²) in [4.78, 5) is 0. The summed E-state index contributed by atoms with van der Waals surface area (Å²) < 4.78 is 11.2. The standard InChI is InChI=1S/C15H31NO2/c1-6-16-13(8-11-14(2,3)17-4)12-15(18-5)9-7-10-15/h13,16H,6-12H2,1-5H3. The van der Waals surface area contributed by atoms with Gasteiger partial charge in [0.2, 0.25) is 0 Å². The highest BCUT2D eigenvalue weighted by Crippen LogP contribution is 2.39. The predicted octanol–water partition coefficient (Wildman–Crippen LogP) is 3.13. The molecule has 108 valence electrons. The molecule has 3 nitrogen and oxygen atoms in total. The zero-order valence-electron chi connectivity index (χ0n) is 12.8. The van der Waals surface area contributed by atoms with Crippen LogP contribution in [0.15, 0.2) is 0 Å². The second-order valence-electron chi connectivity index (χ2n) is 6.20.